The zero-order chi connectivity index (χ0) is 26.9. The molecule has 0 saturated carbocycles. The van der Waals surface area contributed by atoms with Crippen LogP contribution in [0.15, 0.2) is 61.6 Å². The van der Waals surface area contributed by atoms with Crippen molar-refractivity contribution in [3.63, 3.8) is 0 Å². The van der Waals surface area contributed by atoms with E-state index >= 15 is 0 Å². The summed E-state index contributed by atoms with van der Waals surface area (Å²) in [5.41, 5.74) is 7.72. The van der Waals surface area contributed by atoms with Gasteiger partial charge in [-0.1, -0.05) is 52.2 Å². The SMILES string of the molecule is C=C(Nc1ccc(C)nc1)c1n[nH]c2ccc(-c3cncc(N4CCN(C)CC4)c3)cc12.CCCCCC. The second-order valence-corrected chi connectivity index (χ2v) is 10.1. The van der Waals surface area contributed by atoms with Crippen LogP contribution >= 0.6 is 0 Å². The van der Waals surface area contributed by atoms with Crippen molar-refractivity contribution in [1.82, 2.24) is 25.1 Å². The molecular formula is C31H41N7. The molecule has 1 saturated heterocycles. The van der Waals surface area contributed by atoms with Gasteiger partial charge in [-0.15, -0.1) is 0 Å². The zero-order valence-corrected chi connectivity index (χ0v) is 23.3. The Labute approximate surface area is 227 Å². The predicted molar refractivity (Wildman–Crippen MR) is 160 cm³/mol. The number of anilines is 2. The standard InChI is InChI=1S/C25H27N7.C6H14/c1-17-4-6-21(15-27-17)28-18(2)25-23-13-19(5-7-24(23)29-30-25)20-12-22(16-26-14-20)32-10-8-31(3)9-11-32;1-3-5-6-4-2/h4-7,12-16,28H,2,8-11H2,1,3H3,(H,29,30);3-6H2,1-2H3. The van der Waals surface area contributed by atoms with E-state index in [-0.39, 0.29) is 0 Å². The number of H-pyrrole nitrogens is 1. The summed E-state index contributed by atoms with van der Waals surface area (Å²) in [6.45, 7) is 14.8. The summed E-state index contributed by atoms with van der Waals surface area (Å²) in [5.74, 6) is 0. The molecular weight excluding hydrogens is 470 g/mol. The lowest BCUT2D eigenvalue weighted by molar-refractivity contribution is 0.313. The van der Waals surface area contributed by atoms with E-state index in [9.17, 15) is 0 Å². The second-order valence-electron chi connectivity index (χ2n) is 10.1. The van der Waals surface area contributed by atoms with Gasteiger partial charge in [0.05, 0.1) is 35.0 Å². The quantitative estimate of drug-likeness (QED) is 0.255. The second kappa shape index (κ2) is 13.2. The van der Waals surface area contributed by atoms with Crippen molar-refractivity contribution in [2.24, 2.45) is 0 Å². The first-order valence-electron chi connectivity index (χ1n) is 13.7. The topological polar surface area (TPSA) is 73.0 Å². The minimum absolute atomic E-state index is 0.725. The molecule has 2 N–H and O–H groups in total. The van der Waals surface area contributed by atoms with Crippen molar-refractivity contribution in [3.8, 4) is 11.1 Å². The first-order valence-corrected chi connectivity index (χ1v) is 13.7. The Hall–Kier alpha value is -3.71. The van der Waals surface area contributed by atoms with Crippen LogP contribution in [-0.2, 0) is 0 Å². The van der Waals surface area contributed by atoms with Crippen molar-refractivity contribution in [3.05, 3.63) is 73.0 Å². The molecule has 38 heavy (non-hydrogen) atoms. The van der Waals surface area contributed by atoms with Gasteiger partial charge < -0.3 is 15.1 Å². The average molecular weight is 512 g/mol. The molecule has 1 aliphatic heterocycles. The molecule has 1 aromatic carbocycles. The molecule has 7 nitrogen and oxygen atoms in total. The number of likely N-dealkylation sites (N-methyl/N-ethyl adjacent to an activating group) is 1. The molecule has 0 aliphatic carbocycles. The number of fused-ring (bicyclic) bond motifs is 1. The smallest absolute Gasteiger partial charge is 0.116 e. The number of hydrogen-bond donors (Lipinski definition) is 2. The summed E-state index contributed by atoms with van der Waals surface area (Å²) in [4.78, 5) is 13.6. The number of benzene rings is 1. The molecule has 1 aliphatic rings. The van der Waals surface area contributed by atoms with Gasteiger partial charge in [-0.05, 0) is 49.9 Å². The average Bonchev–Trinajstić information content (AvgIpc) is 3.37. The molecule has 200 valence electrons. The Morgan fingerprint density at radius 1 is 0.947 bits per heavy atom. The fourth-order valence-corrected chi connectivity index (χ4v) is 4.52. The Bertz CT molecular complexity index is 1310. The van der Waals surface area contributed by atoms with Gasteiger partial charge in [0.15, 0.2) is 0 Å². The number of nitrogens with zero attached hydrogens (tertiary/aromatic N) is 5. The number of aryl methyl sites for hydroxylation is 1. The lowest BCUT2D eigenvalue weighted by Crippen LogP contribution is -2.44. The van der Waals surface area contributed by atoms with Gasteiger partial charge in [0.2, 0.25) is 0 Å². The Kier molecular flexibility index (Phi) is 9.49. The molecule has 0 unspecified atom stereocenters. The summed E-state index contributed by atoms with van der Waals surface area (Å²) in [6.07, 6.45) is 11.2. The Morgan fingerprint density at radius 3 is 2.39 bits per heavy atom. The van der Waals surface area contributed by atoms with Crippen LogP contribution < -0.4 is 10.2 Å². The van der Waals surface area contributed by atoms with Crippen molar-refractivity contribution in [2.75, 3.05) is 43.4 Å². The van der Waals surface area contributed by atoms with E-state index in [4.69, 9.17) is 0 Å². The summed E-state index contributed by atoms with van der Waals surface area (Å²) in [5, 5.41) is 12.0. The van der Waals surface area contributed by atoms with Crippen molar-refractivity contribution in [2.45, 2.75) is 46.5 Å². The fourth-order valence-electron chi connectivity index (χ4n) is 4.52. The van der Waals surface area contributed by atoms with Gasteiger partial charge in [-0.2, -0.15) is 5.10 Å². The van der Waals surface area contributed by atoms with E-state index in [0.29, 0.717) is 0 Å². The van der Waals surface area contributed by atoms with Crippen LogP contribution in [0.25, 0.3) is 27.7 Å². The molecule has 0 atom stereocenters. The van der Waals surface area contributed by atoms with E-state index < -0.39 is 0 Å². The third-order valence-corrected chi connectivity index (χ3v) is 6.94. The van der Waals surface area contributed by atoms with Crippen LogP contribution in [0.3, 0.4) is 0 Å². The van der Waals surface area contributed by atoms with Gasteiger partial charge in [0.25, 0.3) is 0 Å². The van der Waals surface area contributed by atoms with Crippen molar-refractivity contribution >= 4 is 28.0 Å². The van der Waals surface area contributed by atoms with Gasteiger partial charge in [0, 0.05) is 49.0 Å². The highest BCUT2D eigenvalue weighted by molar-refractivity contribution is 5.95. The third kappa shape index (κ3) is 6.98. The molecule has 4 heterocycles. The normalized spacial score (nSPS) is 13.7. The number of nitrogens with one attached hydrogen (secondary N) is 2. The first-order chi connectivity index (χ1) is 18.5. The highest BCUT2D eigenvalue weighted by atomic mass is 15.2. The maximum Gasteiger partial charge on any atom is 0.116 e. The van der Waals surface area contributed by atoms with Crippen LogP contribution in [-0.4, -0.2) is 58.3 Å². The third-order valence-electron chi connectivity index (χ3n) is 6.94. The van der Waals surface area contributed by atoms with Gasteiger partial charge in [0.1, 0.15) is 5.69 Å². The fraction of sp³-hybridized carbons (Fsp3) is 0.387. The number of unbranched alkanes of at least 4 members (excludes halogenated alkanes) is 3. The molecule has 0 radical (unpaired) electrons. The van der Waals surface area contributed by atoms with Crippen LogP contribution in [0.2, 0.25) is 0 Å². The molecule has 3 aromatic heterocycles. The highest BCUT2D eigenvalue weighted by Crippen LogP contribution is 2.30. The lowest BCUT2D eigenvalue weighted by Gasteiger charge is -2.34. The predicted octanol–water partition coefficient (Wildman–Crippen LogP) is 6.75. The van der Waals surface area contributed by atoms with E-state index in [1.807, 2.05) is 31.5 Å². The number of hydrogen-bond acceptors (Lipinski definition) is 6. The monoisotopic (exact) mass is 511 g/mol. The molecule has 5 rings (SSSR count). The largest absolute Gasteiger partial charge is 0.368 e. The summed E-state index contributed by atoms with van der Waals surface area (Å²) in [6, 6.07) is 12.5. The number of rotatable bonds is 8. The maximum absolute atomic E-state index is 4.53. The molecule has 0 bridgehead atoms. The molecule has 0 amide bonds. The summed E-state index contributed by atoms with van der Waals surface area (Å²) < 4.78 is 0. The molecule has 7 heteroatoms. The van der Waals surface area contributed by atoms with E-state index in [2.05, 4.69) is 87.0 Å². The molecule has 0 spiro atoms. The van der Waals surface area contributed by atoms with Crippen LogP contribution in [0.5, 0.6) is 0 Å². The molecule has 4 aromatic rings. The summed E-state index contributed by atoms with van der Waals surface area (Å²) in [7, 11) is 2.17. The van der Waals surface area contributed by atoms with Gasteiger partial charge >= 0.3 is 0 Å². The van der Waals surface area contributed by atoms with Crippen LogP contribution in [0, 0.1) is 6.92 Å². The van der Waals surface area contributed by atoms with Crippen molar-refractivity contribution in [1.29, 1.82) is 0 Å². The van der Waals surface area contributed by atoms with Crippen LogP contribution in [0.4, 0.5) is 11.4 Å². The maximum atomic E-state index is 4.53. The zero-order valence-electron chi connectivity index (χ0n) is 23.3. The number of aromatic amines is 1. The Morgan fingerprint density at radius 2 is 1.71 bits per heavy atom. The van der Waals surface area contributed by atoms with E-state index in [1.165, 1.54) is 31.4 Å². The lowest BCUT2D eigenvalue weighted by atomic mass is 10.0. The minimum Gasteiger partial charge on any atom is -0.368 e. The van der Waals surface area contributed by atoms with E-state index in [1.54, 1.807) is 6.20 Å². The summed E-state index contributed by atoms with van der Waals surface area (Å²) >= 11 is 0. The number of piperazine rings is 1. The van der Waals surface area contributed by atoms with Gasteiger partial charge in [-0.25, -0.2) is 0 Å². The highest BCUT2D eigenvalue weighted by Gasteiger charge is 2.16. The number of pyridine rings is 2. The van der Waals surface area contributed by atoms with Crippen molar-refractivity contribution < 1.29 is 0 Å². The van der Waals surface area contributed by atoms with Crippen LogP contribution in [0.1, 0.15) is 50.9 Å². The van der Waals surface area contributed by atoms with E-state index in [0.717, 1.165) is 71.0 Å². The molecule has 1 fully saturated rings. The van der Waals surface area contributed by atoms with Gasteiger partial charge in [-0.3, -0.25) is 15.1 Å². The Balaban J connectivity index is 0.000000505. The first kappa shape index (κ1) is 27.3. The minimum atomic E-state index is 0.725. The number of aromatic nitrogens is 4.